The van der Waals surface area contributed by atoms with Crippen molar-refractivity contribution in [1.29, 1.82) is 0 Å². The Balaban J connectivity index is 2.10. The average molecular weight is 334 g/mol. The van der Waals surface area contributed by atoms with Gasteiger partial charge in [-0.3, -0.25) is 4.79 Å². The molecule has 0 saturated carbocycles. The Hall–Kier alpha value is -3.13. The molecule has 2 aromatic carbocycles. The molecular formula is C16H14O8. The second-order valence-electron chi connectivity index (χ2n) is 5.27. The van der Waals surface area contributed by atoms with E-state index in [2.05, 4.69) is 0 Å². The summed E-state index contributed by atoms with van der Waals surface area (Å²) in [4.78, 5) is 12.4. The van der Waals surface area contributed by atoms with E-state index in [4.69, 9.17) is 9.47 Å². The number of aromatic hydroxyl groups is 4. The van der Waals surface area contributed by atoms with Crippen molar-refractivity contribution in [1.82, 2.24) is 0 Å². The maximum Gasteiger partial charge on any atom is 0.202 e. The Labute approximate surface area is 135 Å². The molecule has 126 valence electrons. The fourth-order valence-electron chi connectivity index (χ4n) is 2.56. The summed E-state index contributed by atoms with van der Waals surface area (Å²) in [5, 5.41) is 48.7. The van der Waals surface area contributed by atoms with E-state index in [0.717, 1.165) is 12.1 Å². The highest BCUT2D eigenvalue weighted by Crippen LogP contribution is 2.44. The Morgan fingerprint density at radius 1 is 1.00 bits per heavy atom. The van der Waals surface area contributed by atoms with Crippen LogP contribution in [0.2, 0.25) is 0 Å². The van der Waals surface area contributed by atoms with Crippen molar-refractivity contribution in [2.45, 2.75) is 12.2 Å². The minimum atomic E-state index is -1.68. The molecule has 1 aliphatic rings. The number of hydrogen-bond acceptors (Lipinski definition) is 8. The van der Waals surface area contributed by atoms with Crippen LogP contribution in [0.15, 0.2) is 24.3 Å². The third-order valence-electron chi connectivity index (χ3n) is 3.77. The lowest BCUT2D eigenvalue weighted by atomic mass is 9.92. The van der Waals surface area contributed by atoms with Crippen molar-refractivity contribution in [2.24, 2.45) is 0 Å². The molecule has 2 aromatic rings. The van der Waals surface area contributed by atoms with Gasteiger partial charge in [-0.05, 0) is 12.1 Å². The number of carbonyl (C=O) groups is 1. The standard InChI is InChI=1S/C16H14O8/c1-23-7-4-8(17)12-11(5-7)24-16(15(22)14(12)21)6-2-9(18)13(20)10(19)3-6/h2-5,15-20,22H,1H3/t15-,16+/m0/s1. The number of rotatable bonds is 2. The van der Waals surface area contributed by atoms with E-state index in [9.17, 15) is 30.3 Å². The van der Waals surface area contributed by atoms with Gasteiger partial charge in [0.05, 0.1) is 7.11 Å². The average Bonchev–Trinajstić information content (AvgIpc) is 2.54. The molecule has 0 aromatic heterocycles. The van der Waals surface area contributed by atoms with E-state index < -0.39 is 41.0 Å². The maximum atomic E-state index is 12.4. The monoisotopic (exact) mass is 334 g/mol. The zero-order valence-electron chi connectivity index (χ0n) is 12.4. The summed E-state index contributed by atoms with van der Waals surface area (Å²) in [5.74, 6) is -2.95. The first kappa shape index (κ1) is 15.8. The van der Waals surface area contributed by atoms with Gasteiger partial charge in [-0.1, -0.05) is 0 Å². The molecule has 8 heteroatoms. The van der Waals surface area contributed by atoms with Crippen LogP contribution >= 0.6 is 0 Å². The molecule has 3 rings (SSSR count). The van der Waals surface area contributed by atoms with E-state index in [0.29, 0.717) is 0 Å². The number of Topliss-reactive ketones (excluding diaryl/α,β-unsaturated/α-hetero) is 1. The number of carbonyl (C=O) groups excluding carboxylic acids is 1. The minimum Gasteiger partial charge on any atom is -0.507 e. The quantitative estimate of drug-likeness (QED) is 0.517. The third-order valence-corrected chi connectivity index (χ3v) is 3.77. The molecule has 0 fully saturated rings. The zero-order chi connectivity index (χ0) is 17.6. The van der Waals surface area contributed by atoms with E-state index in [-0.39, 0.29) is 22.6 Å². The normalized spacial score (nSPS) is 19.5. The summed E-state index contributed by atoms with van der Waals surface area (Å²) in [6.07, 6.45) is -2.94. The summed E-state index contributed by atoms with van der Waals surface area (Å²) >= 11 is 0. The van der Waals surface area contributed by atoms with Gasteiger partial charge in [-0.15, -0.1) is 0 Å². The Bertz CT molecular complexity index is 806. The summed E-state index contributed by atoms with van der Waals surface area (Å²) in [7, 11) is 1.37. The predicted octanol–water partition coefficient (Wildman–Crippen LogP) is 1.19. The largest absolute Gasteiger partial charge is 0.507 e. The van der Waals surface area contributed by atoms with Crippen LogP contribution in [0, 0.1) is 0 Å². The first-order valence-corrected chi connectivity index (χ1v) is 6.88. The van der Waals surface area contributed by atoms with Crippen molar-refractivity contribution in [3.05, 3.63) is 35.4 Å². The number of ether oxygens (including phenoxy) is 2. The Morgan fingerprint density at radius 2 is 1.62 bits per heavy atom. The second kappa shape index (κ2) is 5.50. The topological polar surface area (TPSA) is 137 Å². The molecule has 1 aliphatic heterocycles. The number of aliphatic hydroxyl groups is 1. The van der Waals surface area contributed by atoms with E-state index in [1.54, 1.807) is 0 Å². The molecule has 0 aliphatic carbocycles. The highest BCUT2D eigenvalue weighted by Gasteiger charge is 2.39. The number of aliphatic hydroxyl groups excluding tert-OH is 1. The molecule has 0 spiro atoms. The maximum absolute atomic E-state index is 12.4. The van der Waals surface area contributed by atoms with Crippen molar-refractivity contribution < 1.29 is 39.8 Å². The summed E-state index contributed by atoms with van der Waals surface area (Å²) in [6, 6.07) is 4.69. The lowest BCUT2D eigenvalue weighted by molar-refractivity contribution is 0.0209. The highest BCUT2D eigenvalue weighted by molar-refractivity contribution is 6.05. The molecule has 8 nitrogen and oxygen atoms in total. The highest BCUT2D eigenvalue weighted by atomic mass is 16.5. The molecule has 24 heavy (non-hydrogen) atoms. The fourth-order valence-corrected chi connectivity index (χ4v) is 2.56. The Morgan fingerprint density at radius 3 is 2.21 bits per heavy atom. The molecule has 0 bridgehead atoms. The first-order valence-electron chi connectivity index (χ1n) is 6.88. The second-order valence-corrected chi connectivity index (χ2v) is 5.27. The van der Waals surface area contributed by atoms with Gasteiger partial charge in [0.1, 0.15) is 22.8 Å². The van der Waals surface area contributed by atoms with Gasteiger partial charge in [-0.2, -0.15) is 0 Å². The number of benzene rings is 2. The SMILES string of the molecule is COc1cc(O)c2c(c1)O[C@H](c1cc(O)c(O)c(O)c1)[C@@H](O)C2=O. The lowest BCUT2D eigenvalue weighted by Crippen LogP contribution is -2.36. The smallest absolute Gasteiger partial charge is 0.202 e. The van der Waals surface area contributed by atoms with Crippen LogP contribution in [0.25, 0.3) is 0 Å². The van der Waals surface area contributed by atoms with Crippen molar-refractivity contribution in [2.75, 3.05) is 7.11 Å². The van der Waals surface area contributed by atoms with Crippen molar-refractivity contribution >= 4 is 5.78 Å². The van der Waals surface area contributed by atoms with Crippen molar-refractivity contribution in [3.63, 3.8) is 0 Å². The molecular weight excluding hydrogens is 320 g/mol. The molecule has 0 saturated heterocycles. The number of phenols is 4. The van der Waals surface area contributed by atoms with Crippen molar-refractivity contribution in [3.8, 4) is 34.5 Å². The summed E-state index contributed by atoms with van der Waals surface area (Å²) in [6.45, 7) is 0. The van der Waals surface area contributed by atoms with Crippen LogP contribution in [0.5, 0.6) is 34.5 Å². The van der Waals surface area contributed by atoms with Gasteiger partial charge in [0.15, 0.2) is 29.5 Å². The van der Waals surface area contributed by atoms with Crippen LogP contribution in [-0.2, 0) is 0 Å². The number of ketones is 1. The van der Waals surface area contributed by atoms with Gasteiger partial charge in [0, 0.05) is 17.7 Å². The molecule has 0 unspecified atom stereocenters. The van der Waals surface area contributed by atoms with Gasteiger partial charge in [0.2, 0.25) is 5.78 Å². The Kier molecular flexibility index (Phi) is 3.61. The van der Waals surface area contributed by atoms with E-state index >= 15 is 0 Å². The first-order chi connectivity index (χ1) is 11.3. The predicted molar refractivity (Wildman–Crippen MR) is 79.8 cm³/mol. The van der Waals surface area contributed by atoms with Gasteiger partial charge >= 0.3 is 0 Å². The lowest BCUT2D eigenvalue weighted by Gasteiger charge is -2.30. The molecule has 0 amide bonds. The van der Waals surface area contributed by atoms with Crippen LogP contribution in [-0.4, -0.2) is 44.5 Å². The van der Waals surface area contributed by atoms with Crippen LogP contribution in [0.4, 0.5) is 0 Å². The van der Waals surface area contributed by atoms with Crippen LogP contribution < -0.4 is 9.47 Å². The van der Waals surface area contributed by atoms with Crippen LogP contribution in [0.1, 0.15) is 22.0 Å². The van der Waals surface area contributed by atoms with Gasteiger partial charge < -0.3 is 35.0 Å². The third kappa shape index (κ3) is 2.33. The van der Waals surface area contributed by atoms with Gasteiger partial charge in [0.25, 0.3) is 0 Å². The molecule has 0 radical (unpaired) electrons. The molecule has 1 heterocycles. The van der Waals surface area contributed by atoms with E-state index in [1.165, 1.54) is 19.2 Å². The van der Waals surface area contributed by atoms with Crippen LogP contribution in [0.3, 0.4) is 0 Å². The molecule has 5 N–H and O–H groups in total. The minimum absolute atomic E-state index is 0.0146. The summed E-state index contributed by atoms with van der Waals surface area (Å²) in [5.41, 5.74) is -0.122. The van der Waals surface area contributed by atoms with Gasteiger partial charge in [-0.25, -0.2) is 0 Å². The molecule has 2 atom stereocenters. The number of hydrogen-bond donors (Lipinski definition) is 5. The zero-order valence-corrected chi connectivity index (χ0v) is 12.4. The fraction of sp³-hybridized carbons (Fsp3) is 0.188. The summed E-state index contributed by atoms with van der Waals surface area (Å²) < 4.78 is 10.6. The number of phenolic OH excluding ortho intramolecular Hbond substituents is 4. The van der Waals surface area contributed by atoms with E-state index in [1.807, 2.05) is 0 Å². The number of methoxy groups -OCH3 is 1. The number of fused-ring (bicyclic) bond motifs is 1.